The Kier molecular flexibility index (Phi) is 8.84. The lowest BCUT2D eigenvalue weighted by molar-refractivity contribution is -0.145. The van der Waals surface area contributed by atoms with Crippen molar-refractivity contribution in [3.63, 3.8) is 0 Å². The van der Waals surface area contributed by atoms with Crippen molar-refractivity contribution in [3.8, 4) is 5.75 Å². The molecule has 0 spiro atoms. The van der Waals surface area contributed by atoms with Crippen molar-refractivity contribution < 1.29 is 19.1 Å². The molecule has 2 amide bonds. The molecule has 2 aromatic rings. The van der Waals surface area contributed by atoms with Crippen LogP contribution in [0.4, 0.5) is 0 Å². The van der Waals surface area contributed by atoms with Crippen molar-refractivity contribution in [3.05, 3.63) is 51.7 Å². The summed E-state index contributed by atoms with van der Waals surface area (Å²) in [6, 6.07) is 10.2. The fraction of sp³-hybridized carbons (Fsp3) is 0.571. The molecule has 1 fully saturated rings. The quantitative estimate of drug-likeness (QED) is 0.460. The van der Waals surface area contributed by atoms with Gasteiger partial charge < -0.3 is 19.3 Å². The molecule has 1 aromatic heterocycles. The fourth-order valence-corrected chi connectivity index (χ4v) is 6.08. The number of hydrogen-bond donors (Lipinski definition) is 0. The highest BCUT2D eigenvalue weighted by Gasteiger charge is 2.35. The lowest BCUT2D eigenvalue weighted by atomic mass is 10.00. The van der Waals surface area contributed by atoms with Gasteiger partial charge in [-0.3, -0.25) is 9.59 Å². The van der Waals surface area contributed by atoms with Crippen molar-refractivity contribution >= 4 is 23.2 Å². The minimum atomic E-state index is -0.159. The van der Waals surface area contributed by atoms with Crippen LogP contribution in [-0.2, 0) is 20.7 Å². The van der Waals surface area contributed by atoms with Crippen LogP contribution in [0.3, 0.4) is 0 Å². The van der Waals surface area contributed by atoms with Gasteiger partial charge in [0.05, 0.1) is 19.2 Å². The van der Waals surface area contributed by atoms with Gasteiger partial charge in [0.15, 0.2) is 0 Å². The first kappa shape index (κ1) is 25.7. The van der Waals surface area contributed by atoms with E-state index in [4.69, 9.17) is 9.47 Å². The molecule has 190 valence electrons. The molecular weight excluding hydrogens is 460 g/mol. The van der Waals surface area contributed by atoms with E-state index in [9.17, 15) is 9.59 Å². The molecule has 6 nitrogen and oxygen atoms in total. The first-order valence-corrected chi connectivity index (χ1v) is 13.7. The molecule has 1 aromatic carbocycles. The van der Waals surface area contributed by atoms with E-state index in [1.54, 1.807) is 23.3 Å². The number of carbonyl (C=O) groups excluding carboxylic acids is 2. The normalized spacial score (nSPS) is 18.1. The second kappa shape index (κ2) is 12.0. The van der Waals surface area contributed by atoms with Crippen molar-refractivity contribution in [1.29, 1.82) is 0 Å². The maximum absolute atomic E-state index is 13.6. The molecule has 0 unspecified atom stereocenters. The molecule has 4 rings (SSSR count). The number of benzene rings is 1. The van der Waals surface area contributed by atoms with E-state index in [-0.39, 0.29) is 30.3 Å². The number of hydrogen-bond acceptors (Lipinski definition) is 5. The van der Waals surface area contributed by atoms with Gasteiger partial charge in [0.25, 0.3) is 0 Å². The van der Waals surface area contributed by atoms with Gasteiger partial charge in [0.1, 0.15) is 12.4 Å². The summed E-state index contributed by atoms with van der Waals surface area (Å²) in [5.41, 5.74) is 2.44. The Labute approximate surface area is 213 Å². The van der Waals surface area contributed by atoms with Crippen LogP contribution >= 0.6 is 11.3 Å². The molecule has 2 aliphatic rings. The standard InChI is InChI=1S/C28H38N2O4S/c1-20(2)21-8-10-23(11-9-21)34-19-25-24-13-17-35-26(24)12-14-30(25)27(31)18-29(15-16-33-3)28(32)22-6-4-5-7-22/h8-11,13,17,20,22,25H,4-7,12,14-16,18-19H2,1-3H3/t25-/m1/s1. The second-order valence-corrected chi connectivity index (χ2v) is 10.9. The monoisotopic (exact) mass is 498 g/mol. The van der Waals surface area contributed by atoms with Crippen molar-refractivity contribution in [2.75, 3.05) is 40.0 Å². The molecule has 0 radical (unpaired) electrons. The summed E-state index contributed by atoms with van der Waals surface area (Å²) >= 11 is 1.74. The minimum absolute atomic E-state index is 0.0203. The maximum Gasteiger partial charge on any atom is 0.242 e. The van der Waals surface area contributed by atoms with Crippen LogP contribution in [0.5, 0.6) is 5.75 Å². The molecule has 1 aliphatic carbocycles. The average molecular weight is 499 g/mol. The Morgan fingerprint density at radius 1 is 1.14 bits per heavy atom. The molecule has 0 bridgehead atoms. The number of amides is 2. The number of carbonyl (C=O) groups is 2. The third kappa shape index (κ3) is 6.25. The van der Waals surface area contributed by atoms with E-state index in [2.05, 4.69) is 37.4 Å². The Bertz CT molecular complexity index is 981. The highest BCUT2D eigenvalue weighted by Crippen LogP contribution is 2.34. The summed E-state index contributed by atoms with van der Waals surface area (Å²) in [5, 5.41) is 2.09. The summed E-state index contributed by atoms with van der Waals surface area (Å²) in [5.74, 6) is 1.39. The van der Waals surface area contributed by atoms with E-state index in [0.29, 0.717) is 32.2 Å². The second-order valence-electron chi connectivity index (χ2n) is 9.92. The van der Waals surface area contributed by atoms with Gasteiger partial charge in [-0.15, -0.1) is 11.3 Å². The Hall–Kier alpha value is -2.38. The van der Waals surface area contributed by atoms with E-state index >= 15 is 0 Å². The summed E-state index contributed by atoms with van der Waals surface area (Å²) in [6.45, 7) is 6.35. The lowest BCUT2D eigenvalue weighted by Gasteiger charge is -2.37. The SMILES string of the molecule is COCCN(CC(=O)N1CCc2sccc2[C@H]1COc1ccc(C(C)C)cc1)C(=O)C1CCCC1. The largest absolute Gasteiger partial charge is 0.491 e. The van der Waals surface area contributed by atoms with Gasteiger partial charge in [-0.25, -0.2) is 0 Å². The topological polar surface area (TPSA) is 59.1 Å². The number of thiophene rings is 1. The predicted molar refractivity (Wildman–Crippen MR) is 139 cm³/mol. The maximum atomic E-state index is 13.6. The zero-order valence-corrected chi connectivity index (χ0v) is 22.0. The van der Waals surface area contributed by atoms with Crippen LogP contribution < -0.4 is 4.74 Å². The van der Waals surface area contributed by atoms with Crippen LogP contribution in [0.1, 0.15) is 67.5 Å². The first-order valence-electron chi connectivity index (χ1n) is 12.8. The summed E-state index contributed by atoms with van der Waals surface area (Å²) in [4.78, 5) is 31.7. The third-order valence-corrected chi connectivity index (χ3v) is 8.27. The number of rotatable bonds is 10. The van der Waals surface area contributed by atoms with Crippen LogP contribution in [-0.4, -0.2) is 61.6 Å². The smallest absolute Gasteiger partial charge is 0.242 e. The average Bonchev–Trinajstić information content (AvgIpc) is 3.57. The van der Waals surface area contributed by atoms with Gasteiger partial charge in [-0.1, -0.05) is 38.8 Å². The van der Waals surface area contributed by atoms with E-state index < -0.39 is 0 Å². The summed E-state index contributed by atoms with van der Waals surface area (Å²) in [7, 11) is 1.63. The fourth-order valence-electron chi connectivity index (χ4n) is 5.15. The zero-order valence-electron chi connectivity index (χ0n) is 21.2. The third-order valence-electron chi connectivity index (χ3n) is 7.28. The highest BCUT2D eigenvalue weighted by molar-refractivity contribution is 7.10. The summed E-state index contributed by atoms with van der Waals surface area (Å²) < 4.78 is 11.4. The zero-order chi connectivity index (χ0) is 24.8. The van der Waals surface area contributed by atoms with E-state index in [1.165, 1.54) is 16.0 Å². The molecule has 0 N–H and O–H groups in total. The van der Waals surface area contributed by atoms with Gasteiger partial charge in [-0.05, 0) is 59.9 Å². The van der Waals surface area contributed by atoms with Crippen molar-refractivity contribution in [2.24, 2.45) is 5.92 Å². The predicted octanol–water partition coefficient (Wildman–Crippen LogP) is 5.04. The van der Waals surface area contributed by atoms with Gasteiger partial charge >= 0.3 is 0 Å². The Balaban J connectivity index is 1.47. The highest BCUT2D eigenvalue weighted by atomic mass is 32.1. The molecular formula is C28H38N2O4S. The lowest BCUT2D eigenvalue weighted by Crippen LogP contribution is -2.49. The molecule has 2 heterocycles. The number of fused-ring (bicyclic) bond motifs is 1. The molecule has 1 aliphatic heterocycles. The molecule has 7 heteroatoms. The molecule has 1 atom stereocenters. The van der Waals surface area contributed by atoms with Crippen molar-refractivity contribution in [2.45, 2.75) is 57.9 Å². The van der Waals surface area contributed by atoms with Crippen LogP contribution in [0.2, 0.25) is 0 Å². The molecule has 0 saturated heterocycles. The van der Waals surface area contributed by atoms with Crippen LogP contribution in [0, 0.1) is 5.92 Å². The van der Waals surface area contributed by atoms with E-state index in [0.717, 1.165) is 37.9 Å². The van der Waals surface area contributed by atoms with Gasteiger partial charge in [-0.2, -0.15) is 0 Å². The summed E-state index contributed by atoms with van der Waals surface area (Å²) in [6.07, 6.45) is 4.86. The van der Waals surface area contributed by atoms with Gasteiger partial charge in [0, 0.05) is 31.0 Å². The number of methoxy groups -OCH3 is 1. The molecule has 1 saturated carbocycles. The van der Waals surface area contributed by atoms with Crippen LogP contribution in [0.15, 0.2) is 35.7 Å². The molecule has 35 heavy (non-hydrogen) atoms. The first-order chi connectivity index (χ1) is 17.0. The Morgan fingerprint density at radius 2 is 1.89 bits per heavy atom. The van der Waals surface area contributed by atoms with Crippen molar-refractivity contribution in [1.82, 2.24) is 9.80 Å². The number of ether oxygens (including phenoxy) is 2. The van der Waals surface area contributed by atoms with E-state index in [1.807, 2.05) is 17.0 Å². The minimum Gasteiger partial charge on any atom is -0.491 e. The number of nitrogens with zero attached hydrogens (tertiary/aromatic N) is 2. The van der Waals surface area contributed by atoms with Gasteiger partial charge in [0.2, 0.25) is 11.8 Å². The Morgan fingerprint density at radius 3 is 2.57 bits per heavy atom. The van der Waals surface area contributed by atoms with Crippen LogP contribution in [0.25, 0.3) is 0 Å².